The average Bonchev–Trinajstić information content (AvgIpc) is 2.91. The number of rotatable bonds is 6. The van der Waals surface area contributed by atoms with Crippen LogP contribution in [0.25, 0.3) is 0 Å². The minimum Gasteiger partial charge on any atom is -0.327 e. The molecule has 2 aliphatic heterocycles. The molecule has 2 heterocycles. The number of nitrogens with two attached hydrogens (primary N) is 1. The number of hydrogen-bond acceptors (Lipinski definition) is 5. The predicted octanol–water partition coefficient (Wildman–Crippen LogP) is 0.275. The van der Waals surface area contributed by atoms with E-state index in [4.69, 9.17) is 5.73 Å². The lowest BCUT2D eigenvalue weighted by molar-refractivity contribution is -0.136. The van der Waals surface area contributed by atoms with Crippen molar-refractivity contribution >= 4 is 17.7 Å². The smallest absolute Gasteiger partial charge is 0.255 e. The maximum absolute atomic E-state index is 12.6. The summed E-state index contributed by atoms with van der Waals surface area (Å²) >= 11 is 0. The summed E-state index contributed by atoms with van der Waals surface area (Å²) in [5.41, 5.74) is 8.54. The topological polar surface area (TPSA) is 105 Å². The molecule has 1 saturated heterocycles. The largest absolute Gasteiger partial charge is 0.327 e. The van der Waals surface area contributed by atoms with Crippen LogP contribution in [0.4, 0.5) is 0 Å². The van der Waals surface area contributed by atoms with Crippen LogP contribution in [0.1, 0.15) is 47.7 Å². The van der Waals surface area contributed by atoms with Crippen molar-refractivity contribution in [2.75, 3.05) is 6.54 Å². The van der Waals surface area contributed by atoms with Crippen LogP contribution in [0, 0.1) is 0 Å². The van der Waals surface area contributed by atoms with Crippen molar-refractivity contribution in [2.24, 2.45) is 5.73 Å². The third-order valence-corrected chi connectivity index (χ3v) is 4.85. The van der Waals surface area contributed by atoms with E-state index in [1.54, 1.807) is 4.90 Å². The Morgan fingerprint density at radius 2 is 2.16 bits per heavy atom. The van der Waals surface area contributed by atoms with Crippen LogP contribution in [0.15, 0.2) is 18.2 Å². The number of carbonyl (C=O) groups is 3. The molecule has 4 N–H and O–H groups in total. The second-order valence-electron chi connectivity index (χ2n) is 6.69. The molecule has 7 heteroatoms. The van der Waals surface area contributed by atoms with E-state index in [1.165, 1.54) is 0 Å². The minimum absolute atomic E-state index is 0.138. The van der Waals surface area contributed by atoms with E-state index < -0.39 is 6.04 Å². The highest BCUT2D eigenvalue weighted by Gasteiger charge is 2.38. The van der Waals surface area contributed by atoms with Crippen molar-refractivity contribution in [3.63, 3.8) is 0 Å². The third-order valence-electron chi connectivity index (χ3n) is 4.85. The van der Waals surface area contributed by atoms with Crippen molar-refractivity contribution in [3.05, 3.63) is 34.9 Å². The molecule has 3 amide bonds. The summed E-state index contributed by atoms with van der Waals surface area (Å²) < 4.78 is 0. The molecule has 7 nitrogen and oxygen atoms in total. The standard InChI is InChI=1S/C18H24N4O3/c1-2-13(19)9-20-8-11-3-4-14-12(7-11)10-22(18(14)25)15-5-6-16(23)21-17(15)24/h3-4,7,13,15,20H,2,5-6,8-10,19H2,1H3,(H,21,23,24)/t13-,15?/m0/s1. The Morgan fingerprint density at radius 3 is 2.88 bits per heavy atom. The van der Waals surface area contributed by atoms with Gasteiger partial charge in [-0.25, -0.2) is 0 Å². The highest BCUT2D eigenvalue weighted by Crippen LogP contribution is 2.28. The molecular weight excluding hydrogens is 320 g/mol. The van der Waals surface area contributed by atoms with Gasteiger partial charge in [0.25, 0.3) is 5.91 Å². The Hall–Kier alpha value is -2.25. The number of benzene rings is 1. The summed E-state index contributed by atoms with van der Waals surface area (Å²) in [6.45, 7) is 3.89. The lowest BCUT2D eigenvalue weighted by atomic mass is 10.0. The molecule has 1 aromatic rings. The summed E-state index contributed by atoms with van der Waals surface area (Å²) in [7, 11) is 0. The molecule has 134 valence electrons. The summed E-state index contributed by atoms with van der Waals surface area (Å²) in [6, 6.07) is 5.32. The van der Waals surface area contributed by atoms with Gasteiger partial charge in [0.05, 0.1) is 0 Å². The van der Waals surface area contributed by atoms with Crippen LogP contribution in [-0.4, -0.2) is 41.2 Å². The fraction of sp³-hybridized carbons (Fsp3) is 0.500. The molecule has 1 fully saturated rings. The first-order chi connectivity index (χ1) is 12.0. The monoisotopic (exact) mass is 344 g/mol. The molecule has 0 spiro atoms. The number of amides is 3. The fourth-order valence-electron chi connectivity index (χ4n) is 3.28. The lowest BCUT2D eigenvalue weighted by Crippen LogP contribution is -2.52. The Bertz CT molecular complexity index is 704. The van der Waals surface area contributed by atoms with E-state index >= 15 is 0 Å². The maximum atomic E-state index is 12.6. The number of carbonyl (C=O) groups excluding carboxylic acids is 3. The number of piperidine rings is 1. The highest BCUT2D eigenvalue weighted by atomic mass is 16.2. The van der Waals surface area contributed by atoms with Crippen LogP contribution >= 0.6 is 0 Å². The van der Waals surface area contributed by atoms with Gasteiger partial charge in [-0.05, 0) is 30.0 Å². The van der Waals surface area contributed by atoms with Gasteiger partial charge in [-0.2, -0.15) is 0 Å². The molecule has 0 saturated carbocycles. The van der Waals surface area contributed by atoms with Gasteiger partial charge < -0.3 is 16.0 Å². The van der Waals surface area contributed by atoms with Gasteiger partial charge in [-0.15, -0.1) is 0 Å². The molecule has 2 atom stereocenters. The van der Waals surface area contributed by atoms with Gasteiger partial charge in [0, 0.05) is 37.7 Å². The average molecular weight is 344 g/mol. The summed E-state index contributed by atoms with van der Waals surface area (Å²) in [5.74, 6) is -0.797. The minimum atomic E-state index is -0.568. The highest BCUT2D eigenvalue weighted by molar-refractivity contribution is 6.05. The van der Waals surface area contributed by atoms with Gasteiger partial charge in [0.2, 0.25) is 11.8 Å². The molecule has 0 aromatic heterocycles. The zero-order valence-electron chi connectivity index (χ0n) is 14.4. The molecule has 1 aromatic carbocycles. The Labute approximate surface area is 146 Å². The van der Waals surface area contributed by atoms with Gasteiger partial charge in [-0.3, -0.25) is 19.7 Å². The van der Waals surface area contributed by atoms with Gasteiger partial charge in [0.15, 0.2) is 0 Å². The molecule has 3 rings (SSSR count). The molecule has 1 unspecified atom stereocenters. The Balaban J connectivity index is 1.67. The van der Waals surface area contributed by atoms with E-state index in [0.29, 0.717) is 25.1 Å². The maximum Gasteiger partial charge on any atom is 0.255 e. The van der Waals surface area contributed by atoms with E-state index in [1.807, 2.05) is 18.2 Å². The number of nitrogens with zero attached hydrogens (tertiary/aromatic N) is 1. The fourth-order valence-corrected chi connectivity index (χ4v) is 3.28. The van der Waals surface area contributed by atoms with Crippen molar-refractivity contribution in [1.82, 2.24) is 15.5 Å². The lowest BCUT2D eigenvalue weighted by Gasteiger charge is -2.29. The number of nitrogens with one attached hydrogen (secondary N) is 2. The Kier molecular flexibility index (Phi) is 5.15. The van der Waals surface area contributed by atoms with Crippen LogP contribution in [0.5, 0.6) is 0 Å². The van der Waals surface area contributed by atoms with Crippen LogP contribution in [-0.2, 0) is 22.7 Å². The van der Waals surface area contributed by atoms with Crippen LogP contribution in [0.3, 0.4) is 0 Å². The SMILES string of the molecule is CC[C@H](N)CNCc1ccc2c(c1)CN(C1CCC(=O)NC1=O)C2=O. The van der Waals surface area contributed by atoms with E-state index in [2.05, 4.69) is 17.6 Å². The Morgan fingerprint density at radius 1 is 1.36 bits per heavy atom. The summed E-state index contributed by atoms with van der Waals surface area (Å²) in [5, 5.41) is 5.63. The van der Waals surface area contributed by atoms with Crippen molar-refractivity contribution in [2.45, 2.75) is 51.4 Å². The molecule has 25 heavy (non-hydrogen) atoms. The zero-order chi connectivity index (χ0) is 18.0. The van der Waals surface area contributed by atoms with Gasteiger partial charge in [-0.1, -0.05) is 19.1 Å². The quantitative estimate of drug-likeness (QED) is 0.643. The third kappa shape index (κ3) is 3.72. The zero-order valence-corrected chi connectivity index (χ0v) is 14.4. The van der Waals surface area contributed by atoms with E-state index in [9.17, 15) is 14.4 Å². The molecule has 0 bridgehead atoms. The summed E-state index contributed by atoms with van der Waals surface area (Å²) in [6.07, 6.45) is 1.57. The number of hydrogen-bond donors (Lipinski definition) is 3. The first-order valence-corrected chi connectivity index (χ1v) is 8.72. The normalized spacial score (nSPS) is 21.3. The number of imide groups is 1. The molecule has 0 radical (unpaired) electrons. The van der Waals surface area contributed by atoms with Gasteiger partial charge in [0.1, 0.15) is 6.04 Å². The van der Waals surface area contributed by atoms with Gasteiger partial charge >= 0.3 is 0 Å². The summed E-state index contributed by atoms with van der Waals surface area (Å²) in [4.78, 5) is 37.5. The first kappa shape index (κ1) is 17.6. The van der Waals surface area contributed by atoms with Crippen LogP contribution < -0.4 is 16.4 Å². The predicted molar refractivity (Wildman–Crippen MR) is 92.5 cm³/mol. The second kappa shape index (κ2) is 7.33. The molecule has 0 aliphatic carbocycles. The van der Waals surface area contributed by atoms with E-state index in [0.717, 1.165) is 24.1 Å². The molecule has 2 aliphatic rings. The van der Waals surface area contributed by atoms with Crippen molar-refractivity contribution < 1.29 is 14.4 Å². The van der Waals surface area contributed by atoms with E-state index in [-0.39, 0.29) is 30.2 Å². The van der Waals surface area contributed by atoms with Crippen molar-refractivity contribution in [3.8, 4) is 0 Å². The molecular formula is C18H24N4O3. The van der Waals surface area contributed by atoms with Crippen LogP contribution in [0.2, 0.25) is 0 Å². The first-order valence-electron chi connectivity index (χ1n) is 8.72. The second-order valence-corrected chi connectivity index (χ2v) is 6.69. The number of fused-ring (bicyclic) bond motifs is 1. The van der Waals surface area contributed by atoms with Crippen molar-refractivity contribution in [1.29, 1.82) is 0 Å².